The summed E-state index contributed by atoms with van der Waals surface area (Å²) < 4.78 is 5.02. The number of nitro groups is 1. The van der Waals surface area contributed by atoms with Crippen molar-refractivity contribution in [3.05, 3.63) is 33.9 Å². The molecule has 0 aromatic heterocycles. The summed E-state index contributed by atoms with van der Waals surface area (Å²) in [6.07, 6.45) is 8.73. The zero-order valence-corrected chi connectivity index (χ0v) is 16.3. The van der Waals surface area contributed by atoms with E-state index in [0.717, 1.165) is 51.4 Å². The lowest BCUT2D eigenvalue weighted by molar-refractivity contribution is -0.385. The smallest absolute Gasteiger partial charge is 0.311 e. The predicted molar refractivity (Wildman–Crippen MR) is 104 cm³/mol. The molecule has 1 aromatic rings. The number of hydrogen-bond acceptors (Lipinski definition) is 4. The van der Waals surface area contributed by atoms with Crippen LogP contribution < -0.4 is 4.74 Å². The van der Waals surface area contributed by atoms with Gasteiger partial charge in [0.15, 0.2) is 5.75 Å². The number of ether oxygens (including phenoxy) is 1. The Balaban J connectivity index is 2.87. The number of nitro benzene ring substituents is 1. The lowest BCUT2D eigenvalue weighted by Crippen LogP contribution is -2.33. The maximum atomic E-state index is 12.9. The summed E-state index contributed by atoms with van der Waals surface area (Å²) in [6, 6.07) is 4.43. The molecule has 0 saturated carbocycles. The summed E-state index contributed by atoms with van der Waals surface area (Å²) in [5.74, 6) is 0.0349. The van der Waals surface area contributed by atoms with Gasteiger partial charge in [0.2, 0.25) is 0 Å². The molecule has 0 aliphatic carbocycles. The van der Waals surface area contributed by atoms with Gasteiger partial charge < -0.3 is 9.64 Å². The van der Waals surface area contributed by atoms with Crippen molar-refractivity contribution >= 4 is 11.6 Å². The van der Waals surface area contributed by atoms with Crippen LogP contribution in [0.15, 0.2) is 18.2 Å². The summed E-state index contributed by atoms with van der Waals surface area (Å²) >= 11 is 0. The molecule has 146 valence electrons. The Morgan fingerprint density at radius 3 is 2.08 bits per heavy atom. The van der Waals surface area contributed by atoms with Crippen LogP contribution in [-0.4, -0.2) is 35.9 Å². The van der Waals surface area contributed by atoms with Gasteiger partial charge in [-0.3, -0.25) is 14.9 Å². The van der Waals surface area contributed by atoms with Crippen LogP contribution in [0.3, 0.4) is 0 Å². The number of nitrogens with zero attached hydrogens (tertiary/aromatic N) is 2. The largest absolute Gasteiger partial charge is 0.490 e. The molecule has 1 amide bonds. The van der Waals surface area contributed by atoms with Crippen molar-refractivity contribution < 1.29 is 14.5 Å². The van der Waals surface area contributed by atoms with Crippen molar-refractivity contribution in [2.45, 2.75) is 65.2 Å². The molecule has 0 saturated heterocycles. The van der Waals surface area contributed by atoms with E-state index in [1.807, 2.05) is 4.90 Å². The van der Waals surface area contributed by atoms with Crippen LogP contribution in [0.25, 0.3) is 0 Å². The zero-order chi connectivity index (χ0) is 19.4. The van der Waals surface area contributed by atoms with Crippen LogP contribution in [-0.2, 0) is 0 Å². The fraction of sp³-hybridized carbons (Fsp3) is 0.650. The fourth-order valence-electron chi connectivity index (χ4n) is 2.92. The Morgan fingerprint density at radius 1 is 1.04 bits per heavy atom. The topological polar surface area (TPSA) is 72.7 Å². The van der Waals surface area contributed by atoms with Crippen molar-refractivity contribution in [3.63, 3.8) is 0 Å². The second-order valence-corrected chi connectivity index (χ2v) is 6.56. The first-order valence-corrected chi connectivity index (χ1v) is 9.66. The number of carbonyl (C=O) groups is 1. The maximum Gasteiger partial charge on any atom is 0.311 e. The molecule has 0 heterocycles. The van der Waals surface area contributed by atoms with Crippen LogP contribution in [0, 0.1) is 10.1 Å². The molecule has 0 aliphatic heterocycles. The highest BCUT2D eigenvalue weighted by atomic mass is 16.6. The number of amides is 1. The molecule has 0 unspecified atom stereocenters. The Bertz CT molecular complexity index is 563. The third kappa shape index (κ3) is 7.02. The Labute approximate surface area is 156 Å². The Morgan fingerprint density at radius 2 is 1.62 bits per heavy atom. The molecular weight excluding hydrogens is 332 g/mol. The first-order chi connectivity index (χ1) is 12.5. The van der Waals surface area contributed by atoms with Gasteiger partial charge in [0, 0.05) is 24.7 Å². The van der Waals surface area contributed by atoms with Crippen molar-refractivity contribution in [3.8, 4) is 5.75 Å². The first-order valence-electron chi connectivity index (χ1n) is 9.66. The van der Waals surface area contributed by atoms with E-state index >= 15 is 0 Å². The maximum absolute atomic E-state index is 12.9. The summed E-state index contributed by atoms with van der Waals surface area (Å²) in [5, 5.41) is 11.2. The molecule has 26 heavy (non-hydrogen) atoms. The van der Waals surface area contributed by atoms with Crippen LogP contribution in [0.4, 0.5) is 5.69 Å². The molecular formula is C20H32N2O4. The van der Waals surface area contributed by atoms with Crippen LogP contribution in [0.5, 0.6) is 5.75 Å². The summed E-state index contributed by atoms with van der Waals surface area (Å²) in [4.78, 5) is 25.5. The number of methoxy groups -OCH3 is 1. The van der Waals surface area contributed by atoms with E-state index in [0.29, 0.717) is 18.7 Å². The van der Waals surface area contributed by atoms with E-state index in [4.69, 9.17) is 4.74 Å². The van der Waals surface area contributed by atoms with E-state index in [9.17, 15) is 14.9 Å². The van der Waals surface area contributed by atoms with E-state index in [2.05, 4.69) is 13.8 Å². The van der Waals surface area contributed by atoms with E-state index < -0.39 is 4.92 Å². The standard InChI is InChI=1S/C20H32N2O4/c1-4-6-8-10-14-21(15-11-9-7-5-2)20(23)17-12-13-19(26-3)18(16-17)22(24)25/h12-13,16H,4-11,14-15H2,1-3H3. The van der Waals surface area contributed by atoms with E-state index in [1.165, 1.54) is 19.2 Å². The van der Waals surface area contributed by atoms with Gasteiger partial charge in [0.1, 0.15) is 0 Å². The fourth-order valence-corrected chi connectivity index (χ4v) is 2.92. The lowest BCUT2D eigenvalue weighted by atomic mass is 10.1. The van der Waals surface area contributed by atoms with E-state index in [1.54, 1.807) is 6.07 Å². The van der Waals surface area contributed by atoms with E-state index in [-0.39, 0.29) is 17.3 Å². The van der Waals surface area contributed by atoms with Gasteiger partial charge in [-0.2, -0.15) is 0 Å². The highest BCUT2D eigenvalue weighted by molar-refractivity contribution is 5.95. The van der Waals surface area contributed by atoms with Gasteiger partial charge in [0.25, 0.3) is 5.91 Å². The monoisotopic (exact) mass is 364 g/mol. The zero-order valence-electron chi connectivity index (χ0n) is 16.3. The van der Waals surface area contributed by atoms with Crippen molar-refractivity contribution in [2.24, 2.45) is 0 Å². The Hall–Kier alpha value is -2.11. The number of carbonyl (C=O) groups excluding carboxylic acids is 1. The molecule has 6 heteroatoms. The highest BCUT2D eigenvalue weighted by Crippen LogP contribution is 2.28. The molecule has 0 N–H and O–H groups in total. The van der Waals surface area contributed by atoms with Gasteiger partial charge in [-0.25, -0.2) is 0 Å². The minimum absolute atomic E-state index is 0.135. The molecule has 1 aromatic carbocycles. The molecule has 0 fully saturated rings. The molecule has 0 spiro atoms. The van der Waals surface area contributed by atoms with Gasteiger partial charge in [0.05, 0.1) is 12.0 Å². The summed E-state index contributed by atoms with van der Waals surface area (Å²) in [5.41, 5.74) is 0.179. The van der Waals surface area contributed by atoms with Crippen molar-refractivity contribution in [1.82, 2.24) is 4.90 Å². The molecule has 0 aliphatic rings. The third-order valence-corrected chi connectivity index (χ3v) is 4.47. The predicted octanol–water partition coefficient (Wildman–Crippen LogP) is 5.21. The van der Waals surface area contributed by atoms with Crippen LogP contribution in [0.2, 0.25) is 0 Å². The molecule has 0 radical (unpaired) electrons. The van der Waals surface area contributed by atoms with Gasteiger partial charge in [-0.1, -0.05) is 52.4 Å². The minimum Gasteiger partial charge on any atom is -0.490 e. The third-order valence-electron chi connectivity index (χ3n) is 4.47. The number of hydrogen-bond donors (Lipinski definition) is 0. The minimum atomic E-state index is -0.511. The lowest BCUT2D eigenvalue weighted by Gasteiger charge is -2.23. The second-order valence-electron chi connectivity index (χ2n) is 6.56. The average Bonchev–Trinajstić information content (AvgIpc) is 2.65. The van der Waals surface area contributed by atoms with Crippen LogP contribution >= 0.6 is 0 Å². The Kier molecular flexibility index (Phi) is 10.4. The van der Waals surface area contributed by atoms with Gasteiger partial charge >= 0.3 is 5.69 Å². The number of rotatable bonds is 13. The second kappa shape index (κ2) is 12.3. The molecule has 6 nitrogen and oxygen atoms in total. The number of unbranched alkanes of at least 4 members (excludes halogenated alkanes) is 6. The number of benzene rings is 1. The van der Waals surface area contributed by atoms with Gasteiger partial charge in [-0.05, 0) is 25.0 Å². The normalized spacial score (nSPS) is 10.6. The molecule has 0 bridgehead atoms. The SMILES string of the molecule is CCCCCCN(CCCCCC)C(=O)c1ccc(OC)c([N+](=O)[O-])c1. The average molecular weight is 364 g/mol. The first kappa shape index (κ1) is 21.9. The quantitative estimate of drug-likeness (QED) is 0.274. The van der Waals surface area contributed by atoms with Crippen LogP contribution in [0.1, 0.15) is 75.6 Å². The van der Waals surface area contributed by atoms with Gasteiger partial charge in [-0.15, -0.1) is 0 Å². The molecule has 1 rings (SSSR count). The summed E-state index contributed by atoms with van der Waals surface area (Å²) in [7, 11) is 1.39. The summed E-state index contributed by atoms with van der Waals surface area (Å²) in [6.45, 7) is 5.71. The van der Waals surface area contributed by atoms with Crippen molar-refractivity contribution in [2.75, 3.05) is 20.2 Å². The highest BCUT2D eigenvalue weighted by Gasteiger charge is 2.21. The van der Waals surface area contributed by atoms with Crippen molar-refractivity contribution in [1.29, 1.82) is 0 Å². The molecule has 0 atom stereocenters.